The lowest BCUT2D eigenvalue weighted by molar-refractivity contribution is -0.128. The van der Waals surface area contributed by atoms with Crippen LogP contribution in [-0.4, -0.2) is 31.4 Å². The highest BCUT2D eigenvalue weighted by Crippen LogP contribution is 2.25. The van der Waals surface area contributed by atoms with Crippen molar-refractivity contribution in [1.82, 2.24) is 4.90 Å². The molecule has 0 atom stereocenters. The summed E-state index contributed by atoms with van der Waals surface area (Å²) in [6, 6.07) is 22.7. The maximum atomic E-state index is 12.7. The number of rotatable bonds is 5. The summed E-state index contributed by atoms with van der Waals surface area (Å²) in [5.41, 5.74) is 3.48. The van der Waals surface area contributed by atoms with Crippen LogP contribution in [0.25, 0.3) is 10.8 Å². The Morgan fingerprint density at radius 3 is 2.36 bits per heavy atom. The summed E-state index contributed by atoms with van der Waals surface area (Å²) in [6.45, 7) is 3.07. The van der Waals surface area contributed by atoms with Crippen LogP contribution < -0.4 is 4.90 Å². The van der Waals surface area contributed by atoms with E-state index in [9.17, 15) is 4.79 Å². The zero-order valence-corrected chi connectivity index (χ0v) is 15.1. The van der Waals surface area contributed by atoms with Crippen molar-refractivity contribution in [2.45, 2.75) is 13.5 Å². The van der Waals surface area contributed by atoms with Crippen molar-refractivity contribution in [3.05, 3.63) is 77.9 Å². The third-order valence-electron chi connectivity index (χ3n) is 4.64. The van der Waals surface area contributed by atoms with Gasteiger partial charge in [-0.2, -0.15) is 0 Å². The van der Waals surface area contributed by atoms with E-state index in [1.807, 2.05) is 49.3 Å². The lowest BCUT2D eigenvalue weighted by atomic mass is 10.1. The number of carbonyl (C=O) groups excluding carboxylic acids is 1. The number of hydrogen-bond donors (Lipinski definition) is 0. The van der Waals surface area contributed by atoms with E-state index in [-0.39, 0.29) is 5.91 Å². The molecule has 0 bridgehead atoms. The first-order valence-electron chi connectivity index (χ1n) is 8.53. The monoisotopic (exact) mass is 332 g/mol. The number of anilines is 1. The van der Waals surface area contributed by atoms with Crippen LogP contribution in [0.3, 0.4) is 0 Å². The summed E-state index contributed by atoms with van der Waals surface area (Å²) in [5.74, 6) is 0.110. The van der Waals surface area contributed by atoms with Crippen molar-refractivity contribution in [2.24, 2.45) is 0 Å². The van der Waals surface area contributed by atoms with E-state index in [2.05, 4.69) is 43.3 Å². The highest BCUT2D eigenvalue weighted by molar-refractivity contribution is 5.95. The molecule has 0 radical (unpaired) electrons. The van der Waals surface area contributed by atoms with Crippen LogP contribution in [0.4, 0.5) is 5.69 Å². The Labute approximate surface area is 149 Å². The first-order chi connectivity index (χ1) is 12.1. The summed E-state index contributed by atoms with van der Waals surface area (Å²) in [5, 5.41) is 2.36. The van der Waals surface area contributed by atoms with Crippen molar-refractivity contribution in [3.8, 4) is 0 Å². The largest absolute Gasteiger partial charge is 0.365 e. The fourth-order valence-electron chi connectivity index (χ4n) is 3.08. The van der Waals surface area contributed by atoms with Gasteiger partial charge in [-0.1, -0.05) is 60.7 Å². The lowest BCUT2D eigenvalue weighted by Crippen LogP contribution is -2.36. The number of fused-ring (bicyclic) bond motifs is 1. The van der Waals surface area contributed by atoms with Crippen LogP contribution in [0.15, 0.2) is 66.7 Å². The summed E-state index contributed by atoms with van der Waals surface area (Å²) in [6.07, 6.45) is 0. The maximum Gasteiger partial charge on any atom is 0.242 e. The number of benzene rings is 3. The second kappa shape index (κ2) is 7.39. The number of carbonyl (C=O) groups is 1. The smallest absolute Gasteiger partial charge is 0.242 e. The Balaban J connectivity index is 1.72. The van der Waals surface area contributed by atoms with Gasteiger partial charge in [-0.15, -0.1) is 0 Å². The van der Waals surface area contributed by atoms with Crippen LogP contribution >= 0.6 is 0 Å². The Kier molecular flexibility index (Phi) is 5.03. The van der Waals surface area contributed by atoms with Crippen LogP contribution in [0, 0.1) is 6.92 Å². The van der Waals surface area contributed by atoms with E-state index < -0.39 is 0 Å². The molecule has 0 fully saturated rings. The molecule has 3 rings (SSSR count). The van der Waals surface area contributed by atoms with Gasteiger partial charge >= 0.3 is 0 Å². The third kappa shape index (κ3) is 3.82. The Bertz CT molecular complexity index is 883. The van der Waals surface area contributed by atoms with Crippen molar-refractivity contribution in [1.29, 1.82) is 0 Å². The van der Waals surface area contributed by atoms with Crippen molar-refractivity contribution in [2.75, 3.05) is 25.5 Å². The average molecular weight is 332 g/mol. The predicted octanol–water partition coefficient (Wildman–Crippen LogP) is 4.24. The van der Waals surface area contributed by atoms with Gasteiger partial charge in [0.05, 0.1) is 6.54 Å². The van der Waals surface area contributed by atoms with Gasteiger partial charge in [-0.05, 0) is 29.5 Å². The van der Waals surface area contributed by atoms with Crippen molar-refractivity contribution in [3.63, 3.8) is 0 Å². The number of hydrogen-bond acceptors (Lipinski definition) is 2. The zero-order valence-electron chi connectivity index (χ0n) is 15.1. The molecule has 0 saturated carbocycles. The van der Waals surface area contributed by atoms with Crippen LogP contribution in [0.5, 0.6) is 0 Å². The molecule has 1 amide bonds. The standard InChI is InChI=1S/C22H24N2O/c1-17-9-4-5-11-19(17)15-24(3)22(25)16-23(2)21-14-8-12-18-10-6-7-13-20(18)21/h4-14H,15-16H2,1-3H3. The van der Waals surface area contributed by atoms with Crippen molar-refractivity contribution >= 4 is 22.4 Å². The first kappa shape index (κ1) is 17.0. The number of nitrogens with zero attached hydrogens (tertiary/aromatic N) is 2. The molecule has 0 aliphatic rings. The molecule has 0 aromatic heterocycles. The molecule has 0 saturated heterocycles. The van der Waals surface area contributed by atoms with E-state index in [4.69, 9.17) is 0 Å². The summed E-state index contributed by atoms with van der Waals surface area (Å²) in [7, 11) is 3.84. The second-order valence-electron chi connectivity index (χ2n) is 6.53. The molecule has 0 aliphatic heterocycles. The third-order valence-corrected chi connectivity index (χ3v) is 4.64. The molecule has 3 heteroatoms. The van der Waals surface area contributed by atoms with Gasteiger partial charge in [-0.25, -0.2) is 0 Å². The molecule has 0 aliphatic carbocycles. The zero-order chi connectivity index (χ0) is 17.8. The molecular weight excluding hydrogens is 308 g/mol. The molecule has 3 aromatic rings. The fourth-order valence-corrected chi connectivity index (χ4v) is 3.08. The molecule has 3 nitrogen and oxygen atoms in total. The highest BCUT2D eigenvalue weighted by atomic mass is 16.2. The summed E-state index contributed by atoms with van der Waals surface area (Å²) < 4.78 is 0. The Morgan fingerprint density at radius 1 is 0.880 bits per heavy atom. The van der Waals surface area contributed by atoms with E-state index in [1.54, 1.807) is 4.90 Å². The molecular formula is C22H24N2O. The molecule has 0 unspecified atom stereocenters. The number of amides is 1. The van der Waals surface area contributed by atoms with Crippen LogP contribution in [0.2, 0.25) is 0 Å². The minimum Gasteiger partial charge on any atom is -0.365 e. The molecule has 0 heterocycles. The number of likely N-dealkylation sites (N-methyl/N-ethyl adjacent to an activating group) is 2. The van der Waals surface area contributed by atoms with Gasteiger partial charge in [0.15, 0.2) is 0 Å². The first-order valence-corrected chi connectivity index (χ1v) is 8.53. The Morgan fingerprint density at radius 2 is 1.56 bits per heavy atom. The van der Waals surface area contributed by atoms with Gasteiger partial charge < -0.3 is 9.80 Å². The van der Waals surface area contributed by atoms with E-state index in [1.165, 1.54) is 21.9 Å². The average Bonchev–Trinajstić information content (AvgIpc) is 2.63. The Hall–Kier alpha value is -2.81. The van der Waals surface area contributed by atoms with Crippen molar-refractivity contribution < 1.29 is 4.79 Å². The summed E-state index contributed by atoms with van der Waals surface area (Å²) >= 11 is 0. The van der Waals surface area contributed by atoms with Gasteiger partial charge in [0.25, 0.3) is 0 Å². The minimum atomic E-state index is 0.110. The second-order valence-corrected chi connectivity index (χ2v) is 6.53. The minimum absolute atomic E-state index is 0.110. The molecule has 3 aromatic carbocycles. The van der Waals surface area contributed by atoms with Crippen LogP contribution in [0.1, 0.15) is 11.1 Å². The maximum absolute atomic E-state index is 12.7. The van der Waals surface area contributed by atoms with Gasteiger partial charge in [0, 0.05) is 31.7 Å². The molecule has 0 spiro atoms. The van der Waals surface area contributed by atoms with Crippen LogP contribution in [-0.2, 0) is 11.3 Å². The lowest BCUT2D eigenvalue weighted by Gasteiger charge is -2.25. The SMILES string of the molecule is Cc1ccccc1CN(C)C(=O)CN(C)c1cccc2ccccc12. The quantitative estimate of drug-likeness (QED) is 0.697. The van der Waals surface area contributed by atoms with Gasteiger partial charge in [-0.3, -0.25) is 4.79 Å². The molecule has 25 heavy (non-hydrogen) atoms. The summed E-state index contributed by atoms with van der Waals surface area (Å²) in [4.78, 5) is 16.5. The highest BCUT2D eigenvalue weighted by Gasteiger charge is 2.14. The normalized spacial score (nSPS) is 10.7. The van der Waals surface area contributed by atoms with E-state index in [0.717, 1.165) is 5.69 Å². The predicted molar refractivity (Wildman–Crippen MR) is 105 cm³/mol. The number of aryl methyl sites for hydroxylation is 1. The topological polar surface area (TPSA) is 23.6 Å². The van der Waals surface area contributed by atoms with E-state index in [0.29, 0.717) is 13.1 Å². The molecule has 128 valence electrons. The van der Waals surface area contributed by atoms with Gasteiger partial charge in [0.2, 0.25) is 5.91 Å². The van der Waals surface area contributed by atoms with E-state index >= 15 is 0 Å². The fraction of sp³-hybridized carbons (Fsp3) is 0.227. The van der Waals surface area contributed by atoms with Gasteiger partial charge in [0.1, 0.15) is 0 Å². The molecule has 0 N–H and O–H groups in total.